The molecule has 5 saturated carbocycles. The zero-order chi connectivity index (χ0) is 29.0. The summed E-state index contributed by atoms with van der Waals surface area (Å²) in [6.07, 6.45) is 7.39. The van der Waals surface area contributed by atoms with E-state index in [-0.39, 0.29) is 47.0 Å². The predicted octanol–water partition coefficient (Wildman–Crippen LogP) is 4.24. The Labute approximate surface area is 255 Å². The molecule has 1 aromatic heterocycles. The van der Waals surface area contributed by atoms with Gasteiger partial charge in [0.2, 0.25) is 11.8 Å². The Balaban J connectivity index is 1.09. The molecule has 1 unspecified atom stereocenters. The second-order valence-electron chi connectivity index (χ2n) is 12.6. The van der Waals surface area contributed by atoms with Crippen molar-refractivity contribution in [3.05, 3.63) is 40.1 Å². The van der Waals surface area contributed by atoms with Crippen molar-refractivity contribution in [3.63, 3.8) is 0 Å². The first-order valence-corrected chi connectivity index (χ1v) is 15.7. The van der Waals surface area contributed by atoms with Gasteiger partial charge in [-0.15, -0.1) is 0 Å². The van der Waals surface area contributed by atoms with Crippen LogP contribution in [0.25, 0.3) is 0 Å². The van der Waals surface area contributed by atoms with Gasteiger partial charge in [-0.25, -0.2) is 9.97 Å². The summed E-state index contributed by atoms with van der Waals surface area (Å²) in [5.74, 6) is 0.974. The van der Waals surface area contributed by atoms with E-state index in [9.17, 15) is 9.59 Å². The first-order chi connectivity index (χ1) is 20.3. The monoisotopic (exact) mass is 614 g/mol. The van der Waals surface area contributed by atoms with Gasteiger partial charge in [-0.2, -0.15) is 0 Å². The third kappa shape index (κ3) is 5.00. The molecular formula is C30H36Cl2N6O4. The fourth-order valence-corrected chi connectivity index (χ4v) is 8.71. The Kier molecular flexibility index (Phi) is 7.45. The van der Waals surface area contributed by atoms with Crippen molar-refractivity contribution in [2.24, 2.45) is 23.7 Å². The van der Waals surface area contributed by atoms with Gasteiger partial charge in [0.05, 0.1) is 36.3 Å². The Bertz CT molecular complexity index is 1380. The minimum absolute atomic E-state index is 0.100. The van der Waals surface area contributed by atoms with Gasteiger partial charge >= 0.3 is 0 Å². The quantitative estimate of drug-likeness (QED) is 0.404. The lowest BCUT2D eigenvalue weighted by atomic mass is 9.76. The van der Waals surface area contributed by atoms with E-state index in [1.54, 1.807) is 18.2 Å². The summed E-state index contributed by atoms with van der Waals surface area (Å²) in [4.78, 5) is 38.9. The highest BCUT2D eigenvalue weighted by atomic mass is 35.5. The van der Waals surface area contributed by atoms with Crippen LogP contribution >= 0.6 is 23.2 Å². The van der Waals surface area contributed by atoms with Gasteiger partial charge < -0.3 is 25.4 Å². The number of anilines is 2. The molecule has 2 amide bonds. The number of morpholine rings is 1. The predicted molar refractivity (Wildman–Crippen MR) is 159 cm³/mol. The summed E-state index contributed by atoms with van der Waals surface area (Å²) >= 11 is 12.2. The molecule has 1 aliphatic heterocycles. The molecule has 3 N–H and O–H groups in total. The number of rotatable bonds is 8. The van der Waals surface area contributed by atoms with Gasteiger partial charge in [0, 0.05) is 36.4 Å². The van der Waals surface area contributed by atoms with Crippen molar-refractivity contribution in [2.75, 3.05) is 44.0 Å². The van der Waals surface area contributed by atoms with E-state index >= 15 is 0 Å². The highest BCUT2D eigenvalue weighted by Gasteiger charge is 2.58. The first kappa shape index (κ1) is 28.1. The van der Waals surface area contributed by atoms with E-state index in [1.807, 2.05) is 0 Å². The molecule has 5 atom stereocenters. The lowest BCUT2D eigenvalue weighted by Gasteiger charge is -2.40. The molecule has 6 aliphatic rings. The molecular weight excluding hydrogens is 579 g/mol. The van der Waals surface area contributed by atoms with Crippen LogP contribution in [0.1, 0.15) is 48.9 Å². The van der Waals surface area contributed by atoms with Crippen LogP contribution in [-0.4, -0.2) is 77.7 Å². The second kappa shape index (κ2) is 11.1. The zero-order valence-electron chi connectivity index (χ0n) is 23.6. The third-order valence-corrected chi connectivity index (χ3v) is 11.0. The Morgan fingerprint density at radius 3 is 2.60 bits per heavy atom. The zero-order valence-corrected chi connectivity index (χ0v) is 25.1. The van der Waals surface area contributed by atoms with E-state index in [2.05, 4.69) is 30.8 Å². The van der Waals surface area contributed by atoms with Crippen LogP contribution in [-0.2, 0) is 9.53 Å². The number of carbonyl (C=O) groups excluding carboxylic acids is 2. The van der Waals surface area contributed by atoms with Crippen LogP contribution in [0.3, 0.4) is 0 Å². The number of fused-ring (bicyclic) bond motifs is 3. The molecule has 12 heteroatoms. The molecule has 224 valence electrons. The summed E-state index contributed by atoms with van der Waals surface area (Å²) in [5.41, 5.74) is 0.771. The van der Waals surface area contributed by atoms with E-state index < -0.39 is 0 Å². The maximum atomic E-state index is 14.0. The molecule has 10 nitrogen and oxygen atoms in total. The van der Waals surface area contributed by atoms with Crippen LogP contribution < -0.4 is 20.7 Å². The Hall–Kier alpha value is -2.66. The molecule has 1 saturated heterocycles. The van der Waals surface area contributed by atoms with Crippen molar-refractivity contribution in [1.29, 1.82) is 0 Å². The van der Waals surface area contributed by atoms with E-state index in [4.69, 9.17) is 32.7 Å². The van der Waals surface area contributed by atoms with E-state index in [1.165, 1.54) is 13.4 Å². The number of methoxy groups -OCH3 is 1. The minimum Gasteiger partial charge on any atom is -0.480 e. The average molecular weight is 616 g/mol. The SMILES string of the molecule is COc1ncnc(NC23CC(C2)C(N2CCOCC2)C3)c1C(=O)N[C@@H]1[C@H]2CC[C@H](C2)[C@@H]1C(=O)Nc1ccc(Cl)c(Cl)c1. The fraction of sp³-hybridized carbons (Fsp3) is 0.600. The fourth-order valence-electron chi connectivity index (χ4n) is 8.41. The summed E-state index contributed by atoms with van der Waals surface area (Å²) in [6, 6.07) is 5.25. The highest BCUT2D eigenvalue weighted by molar-refractivity contribution is 6.42. The maximum absolute atomic E-state index is 14.0. The number of benzene rings is 1. The Morgan fingerprint density at radius 1 is 1.05 bits per heavy atom. The highest BCUT2D eigenvalue weighted by Crippen LogP contribution is 2.55. The standard InChI is InChI=1S/C30H36Cl2N6O4/c1-41-29-24(26(33-15-34-29)37-30-12-18(13-30)22(14-30)38-6-8-42-9-7-38)28(40)36-25-17-3-2-16(10-17)23(25)27(39)35-19-4-5-20(31)21(32)11-19/h4-5,11,15-18,22-23,25H,2-3,6-10,12-14H2,1H3,(H,35,39)(H,36,40)(H,33,34,37)/t16-,17+,18?,22?,23+,25-,30?/m1/s1. The number of nitrogens with zero attached hydrogens (tertiary/aromatic N) is 3. The lowest BCUT2D eigenvalue weighted by Crippen LogP contribution is -2.49. The molecule has 4 bridgehead atoms. The maximum Gasteiger partial charge on any atom is 0.260 e. The molecule has 0 spiro atoms. The van der Waals surface area contributed by atoms with Crippen molar-refractivity contribution in [2.45, 2.75) is 56.1 Å². The normalized spacial score (nSPS) is 33.2. The number of ether oxygens (including phenoxy) is 2. The summed E-state index contributed by atoms with van der Waals surface area (Å²) in [7, 11) is 1.51. The van der Waals surface area contributed by atoms with E-state index in [0.717, 1.165) is 64.8 Å². The van der Waals surface area contributed by atoms with E-state index in [0.29, 0.717) is 39.1 Å². The number of nitrogens with one attached hydrogen (secondary N) is 3. The van der Waals surface area contributed by atoms with Crippen LogP contribution in [0.2, 0.25) is 10.0 Å². The average Bonchev–Trinajstić information content (AvgIpc) is 3.75. The molecule has 5 aliphatic carbocycles. The number of hydrogen-bond donors (Lipinski definition) is 3. The molecule has 8 rings (SSSR count). The van der Waals surface area contributed by atoms with Crippen molar-refractivity contribution in [3.8, 4) is 5.88 Å². The van der Waals surface area contributed by atoms with Gasteiger partial charge in [-0.3, -0.25) is 14.5 Å². The number of amides is 2. The van der Waals surface area contributed by atoms with Crippen LogP contribution in [0.15, 0.2) is 24.5 Å². The number of carbonyl (C=O) groups is 2. The van der Waals surface area contributed by atoms with Crippen LogP contribution in [0.4, 0.5) is 11.5 Å². The van der Waals surface area contributed by atoms with Gasteiger partial charge in [-0.1, -0.05) is 23.2 Å². The molecule has 42 heavy (non-hydrogen) atoms. The second-order valence-corrected chi connectivity index (χ2v) is 13.4. The molecule has 2 heterocycles. The number of hydrogen-bond acceptors (Lipinski definition) is 8. The molecule has 2 aromatic rings. The Morgan fingerprint density at radius 2 is 1.83 bits per heavy atom. The van der Waals surface area contributed by atoms with Crippen LogP contribution in [0.5, 0.6) is 5.88 Å². The van der Waals surface area contributed by atoms with Gasteiger partial charge in [0.25, 0.3) is 5.91 Å². The summed E-state index contributed by atoms with van der Waals surface area (Å²) in [6.45, 7) is 3.50. The number of halogens is 2. The van der Waals surface area contributed by atoms with Crippen LogP contribution in [0, 0.1) is 23.7 Å². The van der Waals surface area contributed by atoms with Gasteiger partial charge in [0.1, 0.15) is 17.7 Å². The topological polar surface area (TPSA) is 118 Å². The smallest absolute Gasteiger partial charge is 0.260 e. The summed E-state index contributed by atoms with van der Waals surface area (Å²) < 4.78 is 11.1. The molecule has 6 fully saturated rings. The van der Waals surface area contributed by atoms with Crippen molar-refractivity contribution in [1.82, 2.24) is 20.2 Å². The van der Waals surface area contributed by atoms with Gasteiger partial charge in [-0.05, 0) is 74.5 Å². The lowest BCUT2D eigenvalue weighted by molar-refractivity contribution is -0.122. The third-order valence-electron chi connectivity index (χ3n) is 10.3. The van der Waals surface area contributed by atoms with Crippen molar-refractivity contribution < 1.29 is 19.1 Å². The largest absolute Gasteiger partial charge is 0.480 e. The molecule has 0 radical (unpaired) electrons. The number of aromatic nitrogens is 2. The minimum atomic E-state index is -0.357. The molecule has 1 aromatic carbocycles. The first-order valence-electron chi connectivity index (χ1n) is 14.9. The summed E-state index contributed by atoms with van der Waals surface area (Å²) in [5, 5.41) is 10.7. The van der Waals surface area contributed by atoms with Crippen molar-refractivity contribution >= 4 is 46.5 Å². The van der Waals surface area contributed by atoms with Gasteiger partial charge in [0.15, 0.2) is 0 Å².